The number of anilines is 1. The van der Waals surface area contributed by atoms with Gasteiger partial charge in [-0.1, -0.05) is 18.2 Å². The molecule has 5 heteroatoms. The molecule has 3 nitrogen and oxygen atoms in total. The van der Waals surface area contributed by atoms with E-state index < -0.39 is 0 Å². The highest BCUT2D eigenvalue weighted by molar-refractivity contribution is 7.18. The summed E-state index contributed by atoms with van der Waals surface area (Å²) in [5, 5.41) is 3.34. The fourth-order valence-electron chi connectivity index (χ4n) is 3.02. The van der Waals surface area contributed by atoms with Crippen molar-refractivity contribution in [3.8, 4) is 5.69 Å². The van der Waals surface area contributed by atoms with Crippen LogP contribution in [0.15, 0.2) is 58.7 Å². The molecule has 2 aromatic carbocycles. The lowest BCUT2D eigenvalue weighted by Gasteiger charge is -2.14. The number of hydrogen-bond acceptors (Lipinski definition) is 3. The zero-order valence-electron chi connectivity index (χ0n) is 13.3. The first-order valence-corrected chi connectivity index (χ1v) is 8.44. The van der Waals surface area contributed by atoms with Crippen LogP contribution in [0.5, 0.6) is 0 Å². The molecule has 2 heterocycles. The van der Waals surface area contributed by atoms with Gasteiger partial charge < -0.3 is 4.90 Å². The van der Waals surface area contributed by atoms with Crippen LogP contribution >= 0.6 is 11.3 Å². The topological polar surface area (TPSA) is 25.2 Å². The third-order valence-corrected chi connectivity index (χ3v) is 5.13. The summed E-state index contributed by atoms with van der Waals surface area (Å²) in [5.41, 5.74) is 2.26. The maximum atomic E-state index is 13.9. The first-order valence-electron chi connectivity index (χ1n) is 7.56. The average Bonchev–Trinajstić information content (AvgIpc) is 3.02. The van der Waals surface area contributed by atoms with Crippen molar-refractivity contribution in [2.24, 2.45) is 0 Å². The predicted molar refractivity (Wildman–Crippen MR) is 99.2 cm³/mol. The fourth-order valence-corrected chi connectivity index (χ4v) is 4.18. The van der Waals surface area contributed by atoms with Crippen molar-refractivity contribution >= 4 is 38.0 Å². The van der Waals surface area contributed by atoms with Crippen LogP contribution in [0.3, 0.4) is 0 Å². The maximum Gasteiger partial charge on any atom is 0.266 e. The van der Waals surface area contributed by atoms with E-state index >= 15 is 0 Å². The molecule has 0 aliphatic heterocycles. The first-order chi connectivity index (χ1) is 11.6. The number of fused-ring (bicyclic) bond motifs is 3. The monoisotopic (exact) mass is 338 g/mol. The molecule has 0 aliphatic carbocycles. The minimum Gasteiger partial charge on any atom is -0.376 e. The minimum absolute atomic E-state index is 0.0831. The number of para-hydroxylation sites is 1. The Balaban J connectivity index is 2.26. The molecule has 0 radical (unpaired) electrons. The molecule has 0 bridgehead atoms. The quantitative estimate of drug-likeness (QED) is 0.541. The molecule has 0 aliphatic rings. The van der Waals surface area contributed by atoms with Gasteiger partial charge >= 0.3 is 0 Å². The zero-order valence-corrected chi connectivity index (χ0v) is 14.1. The lowest BCUT2D eigenvalue weighted by Crippen LogP contribution is -2.20. The summed E-state index contributed by atoms with van der Waals surface area (Å²) < 4.78 is 16.4. The Morgan fingerprint density at radius 3 is 2.54 bits per heavy atom. The Hall–Kier alpha value is -2.66. The summed E-state index contributed by atoms with van der Waals surface area (Å²) in [4.78, 5) is 15.2. The molecule has 0 saturated heterocycles. The molecule has 4 rings (SSSR count). The van der Waals surface area contributed by atoms with E-state index in [0.717, 1.165) is 21.5 Å². The van der Waals surface area contributed by atoms with Gasteiger partial charge in [-0.15, -0.1) is 11.3 Å². The van der Waals surface area contributed by atoms with E-state index in [2.05, 4.69) is 0 Å². The Morgan fingerprint density at radius 2 is 1.83 bits per heavy atom. The van der Waals surface area contributed by atoms with Crippen molar-refractivity contribution in [1.29, 1.82) is 0 Å². The summed E-state index contributed by atoms with van der Waals surface area (Å²) in [6.45, 7) is 0. The molecule has 24 heavy (non-hydrogen) atoms. The van der Waals surface area contributed by atoms with Gasteiger partial charge in [0.1, 0.15) is 5.82 Å². The molecule has 0 fully saturated rings. The molecule has 0 spiro atoms. The van der Waals surface area contributed by atoms with Gasteiger partial charge in [-0.25, -0.2) is 4.39 Å². The van der Waals surface area contributed by atoms with Crippen molar-refractivity contribution in [3.63, 3.8) is 0 Å². The van der Waals surface area contributed by atoms with E-state index in [9.17, 15) is 9.18 Å². The molecule has 0 unspecified atom stereocenters. The number of thiophene rings is 1. The number of halogens is 1. The van der Waals surface area contributed by atoms with Gasteiger partial charge in [-0.2, -0.15) is 0 Å². The molecule has 120 valence electrons. The van der Waals surface area contributed by atoms with Gasteiger partial charge in [-0.05, 0) is 30.3 Å². The number of hydrogen-bond donors (Lipinski definition) is 0. The zero-order chi connectivity index (χ0) is 16.8. The van der Waals surface area contributed by atoms with Crippen molar-refractivity contribution in [1.82, 2.24) is 4.57 Å². The SMILES string of the molecule is CN(C)c1csc2c1c(=O)n(-c1ccccc1)c1ccc(F)cc21. The Morgan fingerprint density at radius 1 is 1.08 bits per heavy atom. The normalized spacial score (nSPS) is 11.3. The van der Waals surface area contributed by atoms with E-state index in [-0.39, 0.29) is 11.4 Å². The van der Waals surface area contributed by atoms with Crippen LogP contribution in [0.2, 0.25) is 0 Å². The second-order valence-corrected chi connectivity index (χ2v) is 6.74. The summed E-state index contributed by atoms with van der Waals surface area (Å²) in [6.07, 6.45) is 0. The molecule has 0 amide bonds. The van der Waals surface area contributed by atoms with Gasteiger partial charge in [-0.3, -0.25) is 9.36 Å². The van der Waals surface area contributed by atoms with Crippen LogP contribution in [0.4, 0.5) is 10.1 Å². The van der Waals surface area contributed by atoms with Crippen molar-refractivity contribution in [2.75, 3.05) is 19.0 Å². The number of benzene rings is 2. The number of nitrogens with zero attached hydrogens (tertiary/aromatic N) is 2. The Kier molecular flexibility index (Phi) is 3.39. The van der Waals surface area contributed by atoms with Crippen LogP contribution in [0, 0.1) is 5.82 Å². The largest absolute Gasteiger partial charge is 0.376 e. The molecular weight excluding hydrogens is 323 g/mol. The van der Waals surface area contributed by atoms with Gasteiger partial charge in [0, 0.05) is 30.5 Å². The van der Waals surface area contributed by atoms with E-state index in [1.807, 2.05) is 54.7 Å². The predicted octanol–water partition coefficient (Wildman–Crippen LogP) is 4.41. The Bertz CT molecular complexity index is 1110. The fraction of sp³-hybridized carbons (Fsp3) is 0.105. The van der Waals surface area contributed by atoms with E-state index in [4.69, 9.17) is 0 Å². The number of aromatic nitrogens is 1. The van der Waals surface area contributed by atoms with Gasteiger partial charge in [0.15, 0.2) is 0 Å². The highest BCUT2D eigenvalue weighted by Gasteiger charge is 2.18. The van der Waals surface area contributed by atoms with Crippen molar-refractivity contribution in [3.05, 3.63) is 70.1 Å². The van der Waals surface area contributed by atoms with Crippen LogP contribution < -0.4 is 10.5 Å². The molecule has 0 atom stereocenters. The number of rotatable bonds is 2. The smallest absolute Gasteiger partial charge is 0.266 e. The molecule has 0 N–H and O–H groups in total. The average molecular weight is 338 g/mol. The van der Waals surface area contributed by atoms with Crippen LogP contribution in [0.25, 0.3) is 26.7 Å². The number of pyridine rings is 1. The molecular formula is C19H15FN2OS. The third kappa shape index (κ3) is 2.12. The Labute approximate surface area is 142 Å². The summed E-state index contributed by atoms with van der Waals surface area (Å²) in [7, 11) is 3.81. The first kappa shape index (κ1) is 14.9. The summed E-state index contributed by atoms with van der Waals surface area (Å²) in [5.74, 6) is -0.304. The van der Waals surface area contributed by atoms with E-state index in [1.165, 1.54) is 23.5 Å². The lowest BCUT2D eigenvalue weighted by atomic mass is 10.1. The van der Waals surface area contributed by atoms with Gasteiger partial charge in [0.05, 0.1) is 21.3 Å². The second-order valence-electron chi connectivity index (χ2n) is 5.86. The van der Waals surface area contributed by atoms with E-state index in [1.54, 1.807) is 10.6 Å². The second kappa shape index (κ2) is 5.46. The summed E-state index contributed by atoms with van der Waals surface area (Å²) >= 11 is 1.48. The highest BCUT2D eigenvalue weighted by atomic mass is 32.1. The third-order valence-electron chi connectivity index (χ3n) is 4.13. The van der Waals surface area contributed by atoms with Crippen LogP contribution in [-0.2, 0) is 0 Å². The van der Waals surface area contributed by atoms with Gasteiger partial charge in [0.25, 0.3) is 5.56 Å². The van der Waals surface area contributed by atoms with Crippen LogP contribution in [0.1, 0.15) is 0 Å². The van der Waals surface area contributed by atoms with Crippen LogP contribution in [-0.4, -0.2) is 18.7 Å². The lowest BCUT2D eigenvalue weighted by molar-refractivity contribution is 0.629. The standard InChI is InChI=1S/C19H15FN2OS/c1-21(2)16-11-24-18-14-10-12(20)8-9-15(14)22(19(23)17(16)18)13-6-4-3-5-7-13/h3-11H,1-2H3. The molecule has 2 aromatic heterocycles. The maximum absolute atomic E-state index is 13.9. The van der Waals surface area contributed by atoms with Crippen molar-refractivity contribution in [2.45, 2.75) is 0 Å². The molecule has 0 saturated carbocycles. The van der Waals surface area contributed by atoms with E-state index in [0.29, 0.717) is 10.9 Å². The van der Waals surface area contributed by atoms with Gasteiger partial charge in [0.2, 0.25) is 0 Å². The molecule has 4 aromatic rings. The summed E-state index contributed by atoms with van der Waals surface area (Å²) in [6, 6.07) is 14.0. The minimum atomic E-state index is -0.304. The van der Waals surface area contributed by atoms with Crippen molar-refractivity contribution < 1.29 is 4.39 Å². The highest BCUT2D eigenvalue weighted by Crippen LogP contribution is 2.35.